The van der Waals surface area contributed by atoms with E-state index < -0.39 is 6.10 Å². The van der Waals surface area contributed by atoms with Gasteiger partial charge >= 0.3 is 5.97 Å². The minimum Gasteiger partial charge on any atom is -0.463 e. The van der Waals surface area contributed by atoms with E-state index in [4.69, 9.17) is 19.7 Å². The predicted octanol–water partition coefficient (Wildman–Crippen LogP) is 4.80. The van der Waals surface area contributed by atoms with E-state index in [1.807, 2.05) is 0 Å². The average Bonchev–Trinajstić information content (AvgIpc) is 3.52. The van der Waals surface area contributed by atoms with Gasteiger partial charge in [-0.15, -0.1) is 0 Å². The van der Waals surface area contributed by atoms with Gasteiger partial charge in [-0.05, 0) is 51.4 Å². The van der Waals surface area contributed by atoms with Crippen molar-refractivity contribution < 1.29 is 24.5 Å². The summed E-state index contributed by atoms with van der Waals surface area (Å²) in [4.78, 5) is 11.4. The zero-order valence-corrected chi connectivity index (χ0v) is 18.5. The summed E-state index contributed by atoms with van der Waals surface area (Å²) in [6.45, 7) is 1.65. The van der Waals surface area contributed by atoms with Crippen LogP contribution in [0.3, 0.4) is 0 Å². The zero-order chi connectivity index (χ0) is 21.9. The third-order valence-corrected chi connectivity index (χ3v) is 4.84. The number of aliphatic hydroxyl groups is 2. The summed E-state index contributed by atoms with van der Waals surface area (Å²) < 4.78 is 10.4. The van der Waals surface area contributed by atoms with Crippen molar-refractivity contribution in [2.45, 2.75) is 89.4 Å². The van der Waals surface area contributed by atoms with Crippen LogP contribution in [0.5, 0.6) is 0 Å². The van der Waals surface area contributed by atoms with Gasteiger partial charge in [0.25, 0.3) is 0 Å². The van der Waals surface area contributed by atoms with Crippen molar-refractivity contribution in [3.8, 4) is 0 Å². The lowest BCUT2D eigenvalue weighted by Crippen LogP contribution is -2.21. The molecule has 5 heteroatoms. The second-order valence-electron chi connectivity index (χ2n) is 7.57. The van der Waals surface area contributed by atoms with Gasteiger partial charge in [0.1, 0.15) is 12.7 Å². The number of rotatable bonds is 18. The van der Waals surface area contributed by atoms with Crippen LogP contribution in [0.15, 0.2) is 48.6 Å². The molecule has 0 aromatic rings. The first-order valence-corrected chi connectivity index (χ1v) is 11.4. The fraction of sp³-hybridized carbons (Fsp3) is 0.640. The molecule has 0 saturated carbocycles. The number of aliphatic hydroxyl groups excluding tert-OH is 2. The van der Waals surface area contributed by atoms with Gasteiger partial charge in [-0.3, -0.25) is 4.79 Å². The highest BCUT2D eigenvalue weighted by atomic mass is 16.6. The predicted molar refractivity (Wildman–Crippen MR) is 121 cm³/mol. The molecule has 1 fully saturated rings. The third kappa shape index (κ3) is 15.2. The van der Waals surface area contributed by atoms with Crippen molar-refractivity contribution >= 4 is 5.97 Å². The summed E-state index contributed by atoms with van der Waals surface area (Å²) in [6, 6.07) is 0. The molecule has 1 rings (SSSR count). The molecule has 1 saturated heterocycles. The van der Waals surface area contributed by atoms with E-state index in [0.717, 1.165) is 57.8 Å². The van der Waals surface area contributed by atoms with Crippen LogP contribution in [0.1, 0.15) is 71.1 Å². The van der Waals surface area contributed by atoms with Crippen molar-refractivity contribution in [2.75, 3.05) is 13.2 Å². The van der Waals surface area contributed by atoms with Crippen LogP contribution in [0.25, 0.3) is 0 Å². The number of allylic oxidation sites excluding steroid dienone is 7. The number of carbonyl (C=O) groups is 1. The standard InChI is InChI=1S/C25H40O5/c1-2-23-24(30-23)18-16-14-12-10-8-6-4-3-5-7-9-11-13-15-17-19-25(28)29-21-22(27)20-26/h3-4,7-10,14,16,22-24,26-27H,2,5-6,11-13,15,17-21H2,1H3. The molecule has 0 aliphatic carbocycles. The maximum atomic E-state index is 11.4. The number of unbranched alkanes of at least 4 members (excludes halogenated alkanes) is 3. The second-order valence-corrected chi connectivity index (χ2v) is 7.57. The average molecular weight is 421 g/mol. The summed E-state index contributed by atoms with van der Waals surface area (Å²) in [6.07, 6.45) is 26.8. The Balaban J connectivity index is 1.86. The minimum atomic E-state index is -0.979. The number of hydrogen-bond acceptors (Lipinski definition) is 5. The van der Waals surface area contributed by atoms with Gasteiger partial charge < -0.3 is 19.7 Å². The Bertz CT molecular complexity index is 550. The molecule has 0 spiro atoms. The summed E-state index contributed by atoms with van der Waals surface area (Å²) in [5.74, 6) is -0.314. The Hall–Kier alpha value is -1.69. The topological polar surface area (TPSA) is 79.3 Å². The smallest absolute Gasteiger partial charge is 0.305 e. The molecule has 30 heavy (non-hydrogen) atoms. The third-order valence-electron chi connectivity index (χ3n) is 4.84. The summed E-state index contributed by atoms with van der Waals surface area (Å²) in [5.41, 5.74) is 0. The quantitative estimate of drug-likeness (QED) is 0.144. The highest BCUT2D eigenvalue weighted by molar-refractivity contribution is 5.69. The molecule has 1 heterocycles. The van der Waals surface area contributed by atoms with Gasteiger partial charge in [-0.25, -0.2) is 0 Å². The van der Waals surface area contributed by atoms with Gasteiger partial charge in [0.2, 0.25) is 0 Å². The van der Waals surface area contributed by atoms with Crippen molar-refractivity contribution in [3.63, 3.8) is 0 Å². The molecule has 0 aromatic heterocycles. The van der Waals surface area contributed by atoms with Crippen LogP contribution >= 0.6 is 0 Å². The van der Waals surface area contributed by atoms with Crippen molar-refractivity contribution in [1.82, 2.24) is 0 Å². The fourth-order valence-electron chi connectivity index (χ4n) is 2.93. The molecule has 0 aromatic carbocycles. The number of hydrogen-bond donors (Lipinski definition) is 2. The van der Waals surface area contributed by atoms with E-state index in [9.17, 15) is 4.79 Å². The van der Waals surface area contributed by atoms with Crippen LogP contribution in [-0.4, -0.2) is 47.7 Å². The number of ether oxygens (including phenoxy) is 2. The van der Waals surface area contributed by atoms with Crippen LogP contribution in [-0.2, 0) is 14.3 Å². The second kappa shape index (κ2) is 18.1. The summed E-state index contributed by atoms with van der Waals surface area (Å²) in [5, 5.41) is 17.7. The molecule has 1 aliphatic rings. The Labute approximate surface area is 182 Å². The number of epoxide rings is 1. The lowest BCUT2D eigenvalue weighted by atomic mass is 10.1. The largest absolute Gasteiger partial charge is 0.463 e. The first kappa shape index (κ1) is 26.3. The molecule has 0 amide bonds. The van der Waals surface area contributed by atoms with Crippen LogP contribution in [0.2, 0.25) is 0 Å². The van der Waals surface area contributed by atoms with E-state index in [1.165, 1.54) is 0 Å². The molecule has 1 aliphatic heterocycles. The van der Waals surface area contributed by atoms with E-state index in [2.05, 4.69) is 55.5 Å². The van der Waals surface area contributed by atoms with Crippen LogP contribution < -0.4 is 0 Å². The molecular weight excluding hydrogens is 380 g/mol. The monoisotopic (exact) mass is 420 g/mol. The van der Waals surface area contributed by atoms with Crippen LogP contribution in [0, 0.1) is 0 Å². The maximum Gasteiger partial charge on any atom is 0.305 e. The van der Waals surface area contributed by atoms with Crippen LogP contribution in [0.4, 0.5) is 0 Å². The molecule has 170 valence electrons. The Kier molecular flexibility index (Phi) is 15.9. The maximum absolute atomic E-state index is 11.4. The first-order chi connectivity index (χ1) is 14.7. The molecule has 3 atom stereocenters. The molecule has 3 unspecified atom stereocenters. The number of esters is 1. The zero-order valence-electron chi connectivity index (χ0n) is 18.5. The lowest BCUT2D eigenvalue weighted by Gasteiger charge is -2.08. The van der Waals surface area contributed by atoms with Gasteiger partial charge in [0.15, 0.2) is 0 Å². The lowest BCUT2D eigenvalue weighted by molar-refractivity contribution is -0.147. The van der Waals surface area contributed by atoms with E-state index in [0.29, 0.717) is 18.6 Å². The van der Waals surface area contributed by atoms with Gasteiger partial charge in [-0.1, -0.05) is 62.0 Å². The Morgan fingerprint density at radius 2 is 1.57 bits per heavy atom. The molecule has 0 radical (unpaired) electrons. The van der Waals surface area contributed by atoms with E-state index >= 15 is 0 Å². The molecule has 0 bridgehead atoms. The SMILES string of the molecule is CCC1OC1CC=CCC=CCC=CCC=CCCCCCC(=O)OCC(O)CO. The van der Waals surface area contributed by atoms with Gasteiger partial charge in [-0.2, -0.15) is 0 Å². The van der Waals surface area contributed by atoms with E-state index in [-0.39, 0.29) is 19.2 Å². The van der Waals surface area contributed by atoms with Crippen molar-refractivity contribution in [2.24, 2.45) is 0 Å². The van der Waals surface area contributed by atoms with E-state index in [1.54, 1.807) is 0 Å². The molecule has 5 nitrogen and oxygen atoms in total. The minimum absolute atomic E-state index is 0.131. The highest BCUT2D eigenvalue weighted by Gasteiger charge is 2.35. The fourth-order valence-corrected chi connectivity index (χ4v) is 2.93. The Morgan fingerprint density at radius 3 is 2.17 bits per heavy atom. The summed E-state index contributed by atoms with van der Waals surface area (Å²) >= 11 is 0. The van der Waals surface area contributed by atoms with Gasteiger partial charge in [0, 0.05) is 6.42 Å². The summed E-state index contributed by atoms with van der Waals surface area (Å²) in [7, 11) is 0. The molecule has 2 N–H and O–H groups in total. The first-order valence-electron chi connectivity index (χ1n) is 11.4. The van der Waals surface area contributed by atoms with Gasteiger partial charge in [0.05, 0.1) is 18.8 Å². The normalized spacial score (nSPS) is 20.1. The highest BCUT2D eigenvalue weighted by Crippen LogP contribution is 2.28. The molecular formula is C25H40O5. The Morgan fingerprint density at radius 1 is 0.933 bits per heavy atom. The number of carbonyl (C=O) groups excluding carboxylic acids is 1. The van der Waals surface area contributed by atoms with Crippen molar-refractivity contribution in [1.29, 1.82) is 0 Å². The van der Waals surface area contributed by atoms with Crippen molar-refractivity contribution in [3.05, 3.63) is 48.6 Å².